The van der Waals surface area contributed by atoms with E-state index < -0.39 is 11.7 Å². The van der Waals surface area contributed by atoms with Crippen LogP contribution in [0, 0.1) is 0 Å². The third-order valence-electron chi connectivity index (χ3n) is 3.33. The van der Waals surface area contributed by atoms with E-state index in [9.17, 15) is 13.2 Å². The van der Waals surface area contributed by atoms with Crippen LogP contribution >= 0.6 is 35.6 Å². The minimum absolute atomic E-state index is 0. The van der Waals surface area contributed by atoms with Gasteiger partial charge in [0, 0.05) is 19.2 Å². The molecule has 0 saturated heterocycles. The first kappa shape index (κ1) is 24.1. The van der Waals surface area contributed by atoms with Gasteiger partial charge in [-0.1, -0.05) is 23.7 Å². The van der Waals surface area contributed by atoms with E-state index >= 15 is 0 Å². The fourth-order valence-corrected chi connectivity index (χ4v) is 2.27. The molecule has 0 aliphatic heterocycles. The van der Waals surface area contributed by atoms with Crippen LogP contribution in [0.2, 0.25) is 5.02 Å². The number of guanidine groups is 1. The number of pyridine rings is 1. The van der Waals surface area contributed by atoms with E-state index in [1.54, 1.807) is 19.2 Å². The quantitative estimate of drug-likeness (QED) is 0.237. The van der Waals surface area contributed by atoms with E-state index in [0.717, 1.165) is 6.07 Å². The Morgan fingerprint density at radius 2 is 2.04 bits per heavy atom. The second-order valence-corrected chi connectivity index (χ2v) is 5.71. The molecule has 0 atom stereocenters. The predicted octanol–water partition coefficient (Wildman–Crippen LogP) is 4.58. The number of nitrogens with one attached hydrogen (secondary N) is 1. The molecule has 2 aromatic rings. The van der Waals surface area contributed by atoms with Crippen molar-refractivity contribution in [2.45, 2.75) is 12.6 Å². The fourth-order valence-electron chi connectivity index (χ4n) is 2.04. The van der Waals surface area contributed by atoms with Gasteiger partial charge in [-0.15, -0.1) is 24.0 Å². The van der Waals surface area contributed by atoms with Gasteiger partial charge >= 0.3 is 6.18 Å². The van der Waals surface area contributed by atoms with Gasteiger partial charge < -0.3 is 20.5 Å². The maximum atomic E-state index is 12.6. The Morgan fingerprint density at radius 3 is 2.68 bits per heavy atom. The summed E-state index contributed by atoms with van der Waals surface area (Å²) in [4.78, 5) is 7.73. The molecule has 0 radical (unpaired) electrons. The molecule has 2 rings (SSSR count). The molecule has 1 aromatic carbocycles. The van der Waals surface area contributed by atoms with Crippen LogP contribution in [0.5, 0.6) is 11.6 Å². The monoisotopic (exact) mass is 530 g/mol. The standard InChI is InChI=1S/C17H18ClF3N4O2.HI/c1-26-14-6-3-2-5-13(14)25-16(22)23-7-4-8-27-15-12(18)9-11(10-24-15)17(19,20)21;/h2-3,5-6,9-10H,4,7-8H2,1H3,(H3,22,23,25);1H. The Bertz CT molecular complexity index is 806. The summed E-state index contributed by atoms with van der Waals surface area (Å²) in [5.74, 6) is 0.765. The van der Waals surface area contributed by atoms with Gasteiger partial charge in [-0.2, -0.15) is 13.2 Å². The highest BCUT2D eigenvalue weighted by atomic mass is 127. The molecule has 154 valence electrons. The molecule has 0 spiro atoms. The van der Waals surface area contributed by atoms with Crippen LogP contribution in [0.1, 0.15) is 12.0 Å². The molecule has 0 unspecified atom stereocenters. The van der Waals surface area contributed by atoms with Gasteiger partial charge in [-0.05, 0) is 18.2 Å². The third-order valence-corrected chi connectivity index (χ3v) is 3.60. The Hall–Kier alpha value is -1.95. The summed E-state index contributed by atoms with van der Waals surface area (Å²) in [6, 6.07) is 8.01. The topological polar surface area (TPSA) is 81.8 Å². The highest BCUT2D eigenvalue weighted by molar-refractivity contribution is 14.0. The number of aliphatic imine (C=N–C) groups is 1. The number of anilines is 1. The lowest BCUT2D eigenvalue weighted by Gasteiger charge is -2.11. The van der Waals surface area contributed by atoms with Crippen LogP contribution in [0.4, 0.5) is 18.9 Å². The highest BCUT2D eigenvalue weighted by Gasteiger charge is 2.31. The average molecular weight is 531 g/mol. The molecular weight excluding hydrogens is 512 g/mol. The van der Waals surface area contributed by atoms with Crippen LogP contribution in [0.15, 0.2) is 41.5 Å². The first-order chi connectivity index (χ1) is 12.8. The molecular formula is C17H19ClF3IN4O2. The van der Waals surface area contributed by atoms with Gasteiger partial charge in [0.1, 0.15) is 10.8 Å². The van der Waals surface area contributed by atoms with E-state index in [0.29, 0.717) is 30.6 Å². The predicted molar refractivity (Wildman–Crippen MR) is 113 cm³/mol. The number of nitrogens with two attached hydrogens (primary N) is 1. The highest BCUT2D eigenvalue weighted by Crippen LogP contribution is 2.33. The third kappa shape index (κ3) is 7.23. The zero-order valence-corrected chi connectivity index (χ0v) is 17.9. The zero-order chi connectivity index (χ0) is 19.9. The van der Waals surface area contributed by atoms with Gasteiger partial charge in [0.2, 0.25) is 5.88 Å². The summed E-state index contributed by atoms with van der Waals surface area (Å²) in [7, 11) is 1.55. The Labute approximate surface area is 182 Å². The lowest BCUT2D eigenvalue weighted by atomic mass is 10.3. The maximum Gasteiger partial charge on any atom is 0.417 e. The van der Waals surface area contributed by atoms with E-state index in [1.165, 1.54) is 0 Å². The van der Waals surface area contributed by atoms with Crippen molar-refractivity contribution in [3.05, 3.63) is 47.1 Å². The number of hydrogen-bond acceptors (Lipinski definition) is 4. The average Bonchev–Trinajstić information content (AvgIpc) is 2.62. The van der Waals surface area contributed by atoms with Crippen molar-refractivity contribution in [3.8, 4) is 11.6 Å². The molecule has 0 amide bonds. The Morgan fingerprint density at radius 1 is 1.32 bits per heavy atom. The molecule has 1 heterocycles. The Balaban J connectivity index is 0.00000392. The van der Waals surface area contributed by atoms with E-state index in [1.807, 2.05) is 12.1 Å². The second kappa shape index (κ2) is 11.1. The molecule has 0 aliphatic carbocycles. The van der Waals surface area contributed by atoms with Crippen molar-refractivity contribution in [2.75, 3.05) is 25.6 Å². The maximum absolute atomic E-state index is 12.6. The van der Waals surface area contributed by atoms with Crippen molar-refractivity contribution >= 4 is 47.2 Å². The second-order valence-electron chi connectivity index (χ2n) is 5.30. The van der Waals surface area contributed by atoms with Gasteiger partial charge in [-0.25, -0.2) is 4.98 Å². The van der Waals surface area contributed by atoms with Gasteiger partial charge in [0.05, 0.1) is 25.0 Å². The van der Waals surface area contributed by atoms with Crippen molar-refractivity contribution in [3.63, 3.8) is 0 Å². The lowest BCUT2D eigenvalue weighted by molar-refractivity contribution is -0.137. The number of alkyl halides is 3. The molecule has 0 fully saturated rings. The van der Waals surface area contributed by atoms with Crippen LogP contribution in [0.3, 0.4) is 0 Å². The molecule has 0 saturated carbocycles. The van der Waals surface area contributed by atoms with Crippen LogP contribution in [-0.2, 0) is 6.18 Å². The SMILES string of the molecule is COc1ccccc1NC(N)=NCCCOc1ncc(C(F)(F)F)cc1Cl.I. The molecule has 0 aliphatic rings. The van der Waals surface area contributed by atoms with Crippen molar-refractivity contribution in [2.24, 2.45) is 10.7 Å². The van der Waals surface area contributed by atoms with Gasteiger partial charge in [-0.3, -0.25) is 4.99 Å². The zero-order valence-electron chi connectivity index (χ0n) is 14.8. The minimum Gasteiger partial charge on any atom is -0.495 e. The summed E-state index contributed by atoms with van der Waals surface area (Å²) in [6.07, 6.45) is -3.36. The summed E-state index contributed by atoms with van der Waals surface area (Å²) >= 11 is 5.76. The first-order valence-electron chi connectivity index (χ1n) is 7.86. The number of rotatable bonds is 7. The van der Waals surface area contributed by atoms with Gasteiger partial charge in [0.15, 0.2) is 5.96 Å². The number of methoxy groups -OCH3 is 1. The Kier molecular flexibility index (Phi) is 9.59. The molecule has 6 nitrogen and oxygen atoms in total. The normalized spacial score (nSPS) is 11.5. The van der Waals surface area contributed by atoms with E-state index in [4.69, 9.17) is 26.8 Å². The number of nitrogens with zero attached hydrogens (tertiary/aromatic N) is 2. The number of para-hydroxylation sites is 2. The number of hydrogen-bond donors (Lipinski definition) is 2. The molecule has 11 heteroatoms. The minimum atomic E-state index is -4.50. The summed E-state index contributed by atoms with van der Waals surface area (Å²) < 4.78 is 48.1. The number of ether oxygens (including phenoxy) is 2. The largest absolute Gasteiger partial charge is 0.495 e. The molecule has 1 aromatic heterocycles. The fraction of sp³-hybridized carbons (Fsp3) is 0.294. The number of benzene rings is 1. The van der Waals surface area contributed by atoms with Crippen LogP contribution in [0.25, 0.3) is 0 Å². The summed E-state index contributed by atoms with van der Waals surface area (Å²) in [5, 5.41) is 2.72. The van der Waals surface area contributed by atoms with Crippen LogP contribution < -0.4 is 20.5 Å². The smallest absolute Gasteiger partial charge is 0.417 e. The first-order valence-corrected chi connectivity index (χ1v) is 8.24. The molecule has 3 N–H and O–H groups in total. The van der Waals surface area contributed by atoms with Crippen molar-refractivity contribution < 1.29 is 22.6 Å². The summed E-state index contributed by atoms with van der Waals surface area (Å²) in [6.45, 7) is 0.510. The van der Waals surface area contributed by atoms with E-state index in [-0.39, 0.29) is 47.4 Å². The number of aromatic nitrogens is 1. The molecule has 0 bridgehead atoms. The summed E-state index contributed by atoms with van der Waals surface area (Å²) in [5.41, 5.74) is 5.55. The van der Waals surface area contributed by atoms with Gasteiger partial charge in [0.25, 0.3) is 0 Å². The van der Waals surface area contributed by atoms with E-state index in [2.05, 4.69) is 15.3 Å². The van der Waals surface area contributed by atoms with Crippen molar-refractivity contribution in [1.29, 1.82) is 0 Å². The van der Waals surface area contributed by atoms with Crippen LogP contribution in [-0.4, -0.2) is 31.2 Å². The number of halogens is 5. The lowest BCUT2D eigenvalue weighted by Crippen LogP contribution is -2.23. The van der Waals surface area contributed by atoms with Crippen molar-refractivity contribution in [1.82, 2.24) is 4.98 Å². The molecule has 28 heavy (non-hydrogen) atoms.